The second kappa shape index (κ2) is 5.88. The van der Waals surface area contributed by atoms with Gasteiger partial charge in [0.1, 0.15) is 0 Å². The van der Waals surface area contributed by atoms with Crippen molar-refractivity contribution >= 4 is 5.91 Å². The Bertz CT molecular complexity index is 230. The highest BCUT2D eigenvalue weighted by Gasteiger charge is 2.28. The minimum atomic E-state index is -0.0852. The minimum absolute atomic E-state index is 0.0852. The zero-order valence-corrected chi connectivity index (χ0v) is 9.41. The maximum absolute atomic E-state index is 11.9. The molecule has 1 saturated heterocycles. The Morgan fingerprint density at radius 3 is 3.07 bits per heavy atom. The highest BCUT2D eigenvalue weighted by molar-refractivity contribution is 5.82. The van der Waals surface area contributed by atoms with E-state index in [1.165, 1.54) is 0 Å². The quantitative estimate of drug-likeness (QED) is 0.648. The number of carbonyl (C=O) groups excluding carboxylic acids is 1. The van der Waals surface area contributed by atoms with Gasteiger partial charge in [-0.25, -0.2) is 0 Å². The van der Waals surface area contributed by atoms with E-state index in [1.807, 2.05) is 13.0 Å². The molecule has 0 aromatic rings. The number of hydrogen-bond donors (Lipinski definition) is 2. The van der Waals surface area contributed by atoms with E-state index in [2.05, 4.69) is 16.8 Å². The first kappa shape index (κ1) is 12.2. The van der Waals surface area contributed by atoms with E-state index in [0.29, 0.717) is 13.0 Å². The summed E-state index contributed by atoms with van der Waals surface area (Å²) < 4.78 is 0. The summed E-state index contributed by atoms with van der Waals surface area (Å²) >= 11 is 0. The van der Waals surface area contributed by atoms with Gasteiger partial charge in [0.25, 0.3) is 0 Å². The fraction of sp³-hybridized carbons (Fsp3) is 0.727. The van der Waals surface area contributed by atoms with Crippen molar-refractivity contribution < 1.29 is 4.79 Å². The Balaban J connectivity index is 2.71. The normalized spacial score (nSPS) is 28.3. The summed E-state index contributed by atoms with van der Waals surface area (Å²) in [5.74, 6) is 0.104. The molecule has 86 valence electrons. The van der Waals surface area contributed by atoms with Crippen molar-refractivity contribution in [2.75, 3.05) is 19.6 Å². The Morgan fingerprint density at radius 2 is 2.47 bits per heavy atom. The molecule has 1 aliphatic heterocycles. The zero-order chi connectivity index (χ0) is 11.3. The molecule has 3 N–H and O–H groups in total. The van der Waals surface area contributed by atoms with Gasteiger partial charge in [-0.05, 0) is 26.3 Å². The Labute approximate surface area is 91.5 Å². The summed E-state index contributed by atoms with van der Waals surface area (Å²) in [5.41, 5.74) is 5.53. The van der Waals surface area contributed by atoms with Crippen LogP contribution in [-0.2, 0) is 4.79 Å². The second-order valence-electron chi connectivity index (χ2n) is 4.08. The predicted molar refractivity (Wildman–Crippen MR) is 61.5 cm³/mol. The highest BCUT2D eigenvalue weighted by atomic mass is 16.2. The zero-order valence-electron chi connectivity index (χ0n) is 9.41. The van der Waals surface area contributed by atoms with Gasteiger partial charge in [-0.2, -0.15) is 0 Å². The molecule has 0 spiro atoms. The van der Waals surface area contributed by atoms with Gasteiger partial charge in [0.05, 0.1) is 6.04 Å². The van der Waals surface area contributed by atoms with Crippen molar-refractivity contribution in [1.29, 1.82) is 0 Å². The van der Waals surface area contributed by atoms with Gasteiger partial charge in [-0.1, -0.05) is 6.08 Å². The first-order valence-corrected chi connectivity index (χ1v) is 5.54. The van der Waals surface area contributed by atoms with Crippen LogP contribution in [-0.4, -0.2) is 42.5 Å². The molecule has 15 heavy (non-hydrogen) atoms. The molecule has 2 unspecified atom stereocenters. The van der Waals surface area contributed by atoms with E-state index in [4.69, 9.17) is 5.73 Å². The third-order valence-corrected chi connectivity index (χ3v) is 2.79. The first-order valence-electron chi connectivity index (χ1n) is 5.54. The molecule has 1 fully saturated rings. The van der Waals surface area contributed by atoms with Gasteiger partial charge in [-0.3, -0.25) is 9.69 Å². The molecule has 0 aromatic heterocycles. The molecular weight excluding hydrogens is 190 g/mol. The molecule has 1 amide bonds. The molecule has 1 rings (SSSR count). The average molecular weight is 211 g/mol. The fourth-order valence-electron chi connectivity index (χ4n) is 1.95. The Morgan fingerprint density at radius 1 is 1.73 bits per heavy atom. The molecule has 0 saturated carbocycles. The molecular formula is C11H21N3O. The lowest BCUT2D eigenvalue weighted by Gasteiger charge is -2.26. The van der Waals surface area contributed by atoms with Crippen LogP contribution < -0.4 is 11.1 Å². The lowest BCUT2D eigenvalue weighted by atomic mass is 10.1. The third-order valence-electron chi connectivity index (χ3n) is 2.79. The number of carbonyl (C=O) groups is 1. The topological polar surface area (TPSA) is 58.4 Å². The first-order chi connectivity index (χ1) is 7.19. The largest absolute Gasteiger partial charge is 0.352 e. The van der Waals surface area contributed by atoms with Crippen LogP contribution in [0.5, 0.6) is 0 Å². The van der Waals surface area contributed by atoms with Gasteiger partial charge < -0.3 is 11.1 Å². The summed E-state index contributed by atoms with van der Waals surface area (Å²) in [6, 6.07) is 0.172. The number of hydrogen-bond acceptors (Lipinski definition) is 3. The standard InChI is InChI=1S/C11H21N3O/c1-3-7-14-8-5-9(2)13-11(15)10(14)4-6-12/h3,9-10H,1,4-8,12H2,2H3,(H,13,15). The summed E-state index contributed by atoms with van der Waals surface area (Å²) in [6.07, 6.45) is 3.54. The van der Waals surface area contributed by atoms with E-state index in [0.717, 1.165) is 19.5 Å². The van der Waals surface area contributed by atoms with Crippen LogP contribution in [0.3, 0.4) is 0 Å². The molecule has 0 aliphatic carbocycles. The smallest absolute Gasteiger partial charge is 0.237 e. The summed E-state index contributed by atoms with van der Waals surface area (Å²) in [7, 11) is 0. The van der Waals surface area contributed by atoms with Gasteiger partial charge in [0.15, 0.2) is 0 Å². The van der Waals surface area contributed by atoms with E-state index < -0.39 is 0 Å². The minimum Gasteiger partial charge on any atom is -0.352 e. The molecule has 0 radical (unpaired) electrons. The summed E-state index contributed by atoms with van der Waals surface area (Å²) in [4.78, 5) is 14.0. The maximum Gasteiger partial charge on any atom is 0.237 e. The van der Waals surface area contributed by atoms with Gasteiger partial charge in [-0.15, -0.1) is 6.58 Å². The van der Waals surface area contributed by atoms with Gasteiger partial charge in [0.2, 0.25) is 5.91 Å². The Hall–Kier alpha value is -0.870. The fourth-order valence-corrected chi connectivity index (χ4v) is 1.95. The Kier molecular flexibility index (Phi) is 4.78. The van der Waals surface area contributed by atoms with Crippen molar-refractivity contribution in [3.8, 4) is 0 Å². The molecule has 4 heteroatoms. The van der Waals surface area contributed by atoms with Crippen molar-refractivity contribution in [2.24, 2.45) is 5.73 Å². The molecule has 1 heterocycles. The number of amides is 1. The van der Waals surface area contributed by atoms with Crippen LogP contribution in [0.25, 0.3) is 0 Å². The van der Waals surface area contributed by atoms with Crippen molar-refractivity contribution in [1.82, 2.24) is 10.2 Å². The molecule has 0 aromatic carbocycles. The van der Waals surface area contributed by atoms with Gasteiger partial charge in [0, 0.05) is 19.1 Å². The van der Waals surface area contributed by atoms with E-state index in [1.54, 1.807) is 0 Å². The number of nitrogens with one attached hydrogen (secondary N) is 1. The van der Waals surface area contributed by atoms with Crippen LogP contribution in [0.15, 0.2) is 12.7 Å². The summed E-state index contributed by atoms with van der Waals surface area (Å²) in [6.45, 7) is 7.98. The van der Waals surface area contributed by atoms with Crippen molar-refractivity contribution in [3.63, 3.8) is 0 Å². The highest BCUT2D eigenvalue weighted by Crippen LogP contribution is 2.11. The second-order valence-corrected chi connectivity index (χ2v) is 4.08. The van der Waals surface area contributed by atoms with Crippen molar-refractivity contribution in [2.45, 2.75) is 31.8 Å². The van der Waals surface area contributed by atoms with E-state index in [9.17, 15) is 4.79 Å². The van der Waals surface area contributed by atoms with Gasteiger partial charge >= 0.3 is 0 Å². The molecule has 2 atom stereocenters. The average Bonchev–Trinajstić information content (AvgIpc) is 2.31. The predicted octanol–water partition coefficient (Wildman–Crippen LogP) is 0.100. The number of nitrogens with zero attached hydrogens (tertiary/aromatic N) is 1. The summed E-state index contributed by atoms with van der Waals surface area (Å²) in [5, 5.41) is 2.99. The monoisotopic (exact) mass is 211 g/mol. The van der Waals surface area contributed by atoms with Crippen LogP contribution >= 0.6 is 0 Å². The molecule has 0 bridgehead atoms. The van der Waals surface area contributed by atoms with E-state index in [-0.39, 0.29) is 18.0 Å². The lowest BCUT2D eigenvalue weighted by Crippen LogP contribution is -2.46. The number of rotatable bonds is 4. The van der Waals surface area contributed by atoms with Crippen LogP contribution in [0.2, 0.25) is 0 Å². The lowest BCUT2D eigenvalue weighted by molar-refractivity contribution is -0.125. The van der Waals surface area contributed by atoms with Crippen LogP contribution in [0.4, 0.5) is 0 Å². The van der Waals surface area contributed by atoms with Crippen LogP contribution in [0.1, 0.15) is 19.8 Å². The number of nitrogens with two attached hydrogens (primary N) is 1. The van der Waals surface area contributed by atoms with Crippen molar-refractivity contribution in [3.05, 3.63) is 12.7 Å². The SMILES string of the molecule is C=CCN1CCC(C)NC(=O)C1CCN. The maximum atomic E-state index is 11.9. The van der Waals surface area contributed by atoms with E-state index >= 15 is 0 Å². The molecule has 1 aliphatic rings. The van der Waals surface area contributed by atoms with Crippen LogP contribution in [0, 0.1) is 0 Å². The third kappa shape index (κ3) is 3.32. The molecule has 4 nitrogen and oxygen atoms in total.